The predicted octanol–water partition coefficient (Wildman–Crippen LogP) is 7.80. The van der Waals surface area contributed by atoms with Gasteiger partial charge < -0.3 is 24.3 Å². The van der Waals surface area contributed by atoms with E-state index in [0.717, 1.165) is 22.4 Å². The van der Waals surface area contributed by atoms with E-state index in [2.05, 4.69) is 26.0 Å². The predicted molar refractivity (Wildman–Crippen MR) is 200 cm³/mol. The van der Waals surface area contributed by atoms with Gasteiger partial charge in [0.1, 0.15) is 0 Å². The summed E-state index contributed by atoms with van der Waals surface area (Å²) in [6.07, 6.45) is 9.01. The number of aliphatic hydroxyl groups is 2. The Hall–Kier alpha value is -3.53. The molecule has 2 saturated carbocycles. The van der Waals surface area contributed by atoms with Gasteiger partial charge in [-0.15, -0.1) is 11.3 Å². The molecular formula is C43H53NO7S. The van der Waals surface area contributed by atoms with Gasteiger partial charge in [-0.05, 0) is 125 Å². The van der Waals surface area contributed by atoms with Crippen LogP contribution in [0.15, 0.2) is 70.2 Å². The lowest BCUT2D eigenvalue weighted by molar-refractivity contribution is -0.177. The van der Waals surface area contributed by atoms with E-state index < -0.39 is 33.6 Å². The quantitative estimate of drug-likeness (QED) is 0.138. The Bertz CT molecular complexity index is 1860. The van der Waals surface area contributed by atoms with Gasteiger partial charge in [-0.25, -0.2) is 0 Å². The van der Waals surface area contributed by atoms with E-state index in [1.807, 2.05) is 50.4 Å². The molecule has 52 heavy (non-hydrogen) atoms. The van der Waals surface area contributed by atoms with E-state index in [0.29, 0.717) is 69.9 Å². The molecular weight excluding hydrogens is 675 g/mol. The molecule has 278 valence electrons. The standard InChI is InChI=1S/C43H53NO7S/c1-28-9-6-18-40(4)34(32-15-13-29(25-30(45)14-12-28)26-33(32)36(46)35-11-7-23-50-35)16-19-42(40,49)27-44(22-17-31-10-8-24-52-31)37(47)43-21-20-41(5,38(48)51-43)39(43,2)3/h7-11,13,15,23-24,26,30,34,45,49H,6,12,14,16-22,25,27H2,1-5H3/t30-,34-,40-,41-,42+,43+/m0/s1. The molecule has 4 bridgehead atoms. The molecule has 3 heterocycles. The lowest BCUT2D eigenvalue weighted by atomic mass is 9.64. The summed E-state index contributed by atoms with van der Waals surface area (Å²) in [5.74, 6) is -0.726. The maximum Gasteiger partial charge on any atom is 0.313 e. The number of allylic oxidation sites excluding steroid dienone is 2. The molecule has 1 aromatic carbocycles. The SMILES string of the molecule is CC1=CCC[C@@]2(C)[C@@H](CC[C@@]2(O)CN(CCc2cccs2)C(=O)[C@@]23CC[C@@](C)(C(=O)O2)C3(C)C)c2ccc(cc2C(=O)c2ccco2)C[C@@H](O)CC1. The summed E-state index contributed by atoms with van der Waals surface area (Å²) in [7, 11) is 0. The Labute approximate surface area is 311 Å². The van der Waals surface area contributed by atoms with Gasteiger partial charge in [-0.3, -0.25) is 14.4 Å². The minimum atomic E-state index is -1.31. The number of furan rings is 1. The van der Waals surface area contributed by atoms with E-state index in [9.17, 15) is 19.8 Å². The third-order valence-electron chi connectivity index (χ3n) is 14.0. The highest BCUT2D eigenvalue weighted by molar-refractivity contribution is 7.09. The monoisotopic (exact) mass is 727 g/mol. The first kappa shape index (κ1) is 36.8. The number of aliphatic hydroxyl groups excluding tert-OH is 1. The van der Waals surface area contributed by atoms with Crippen LogP contribution < -0.4 is 0 Å². The molecule has 9 heteroatoms. The number of ketones is 1. The first-order valence-corrected chi connectivity index (χ1v) is 19.8. The van der Waals surface area contributed by atoms with Crippen LogP contribution in [-0.2, 0) is 27.2 Å². The lowest BCUT2D eigenvalue weighted by Crippen LogP contribution is -2.60. The number of carbonyl (C=O) groups excluding carboxylic acids is 3. The average molecular weight is 728 g/mol. The number of benzene rings is 1. The van der Waals surface area contributed by atoms with Gasteiger partial charge >= 0.3 is 5.97 Å². The van der Waals surface area contributed by atoms with Crippen LogP contribution in [0.4, 0.5) is 0 Å². The number of hydrogen-bond acceptors (Lipinski definition) is 8. The van der Waals surface area contributed by atoms with Crippen LogP contribution >= 0.6 is 11.3 Å². The van der Waals surface area contributed by atoms with Crippen LogP contribution in [0.5, 0.6) is 0 Å². The summed E-state index contributed by atoms with van der Waals surface area (Å²) in [4.78, 5) is 45.4. The first-order chi connectivity index (χ1) is 24.6. The van der Waals surface area contributed by atoms with Gasteiger partial charge in [0.25, 0.3) is 5.91 Å². The Balaban J connectivity index is 1.30. The average Bonchev–Trinajstić information content (AvgIpc) is 3.93. The Kier molecular flexibility index (Phi) is 9.49. The van der Waals surface area contributed by atoms with Crippen LogP contribution in [0.3, 0.4) is 0 Å². The van der Waals surface area contributed by atoms with E-state index in [-0.39, 0.29) is 35.9 Å². The van der Waals surface area contributed by atoms with Gasteiger partial charge in [0.05, 0.1) is 29.9 Å². The minimum Gasteiger partial charge on any atom is -0.461 e. The third-order valence-corrected chi connectivity index (χ3v) is 15.0. The van der Waals surface area contributed by atoms with Crippen LogP contribution in [-0.4, -0.2) is 63.2 Å². The number of nitrogens with zero attached hydrogens (tertiary/aromatic N) is 1. The lowest BCUT2D eigenvalue weighted by Gasteiger charge is -2.47. The maximum atomic E-state index is 15.1. The van der Waals surface area contributed by atoms with Crippen molar-refractivity contribution in [2.75, 3.05) is 13.1 Å². The molecule has 4 aliphatic carbocycles. The molecule has 2 N–H and O–H groups in total. The number of rotatable bonds is 8. The molecule has 8 rings (SSSR count). The van der Waals surface area contributed by atoms with Gasteiger partial charge in [-0.1, -0.05) is 50.6 Å². The van der Waals surface area contributed by atoms with Crippen molar-refractivity contribution in [3.8, 4) is 0 Å². The summed E-state index contributed by atoms with van der Waals surface area (Å²) >= 11 is 1.64. The second-order valence-corrected chi connectivity index (χ2v) is 18.0. The number of thiophene rings is 1. The van der Waals surface area contributed by atoms with E-state index in [1.54, 1.807) is 28.4 Å². The molecule has 2 aromatic heterocycles. The number of ether oxygens (including phenoxy) is 1. The van der Waals surface area contributed by atoms with Gasteiger partial charge in [0.2, 0.25) is 5.78 Å². The first-order valence-electron chi connectivity index (χ1n) is 19.0. The molecule has 6 atom stereocenters. The van der Waals surface area contributed by atoms with Crippen molar-refractivity contribution in [2.45, 2.75) is 122 Å². The van der Waals surface area contributed by atoms with Crippen molar-refractivity contribution >= 4 is 29.0 Å². The van der Waals surface area contributed by atoms with Crippen LogP contribution in [0.1, 0.15) is 124 Å². The molecule has 0 radical (unpaired) electrons. The number of amides is 1. The number of carbonyl (C=O) groups is 3. The minimum absolute atomic E-state index is 0.0880. The van der Waals surface area contributed by atoms with Crippen LogP contribution in [0.25, 0.3) is 0 Å². The Morgan fingerprint density at radius 3 is 2.50 bits per heavy atom. The third kappa shape index (κ3) is 5.82. The van der Waals surface area contributed by atoms with Crippen LogP contribution in [0.2, 0.25) is 0 Å². The van der Waals surface area contributed by atoms with Gasteiger partial charge in [-0.2, -0.15) is 0 Å². The largest absolute Gasteiger partial charge is 0.461 e. The van der Waals surface area contributed by atoms with Gasteiger partial charge in [0, 0.05) is 27.8 Å². The van der Waals surface area contributed by atoms with Crippen LogP contribution in [0, 0.1) is 16.2 Å². The highest BCUT2D eigenvalue weighted by Gasteiger charge is 2.76. The van der Waals surface area contributed by atoms with Crippen molar-refractivity contribution in [3.05, 3.63) is 93.1 Å². The zero-order valence-corrected chi connectivity index (χ0v) is 32.0. The zero-order chi connectivity index (χ0) is 37.1. The van der Waals surface area contributed by atoms with Crippen molar-refractivity contribution in [1.82, 2.24) is 4.90 Å². The molecule has 8 nitrogen and oxygen atoms in total. The molecule has 3 aromatic rings. The number of esters is 1. The molecule has 3 fully saturated rings. The molecule has 1 amide bonds. The molecule has 0 spiro atoms. The molecule has 1 aliphatic heterocycles. The summed E-state index contributed by atoms with van der Waals surface area (Å²) in [5.41, 5.74) is -1.37. The van der Waals surface area contributed by atoms with E-state index >= 15 is 4.79 Å². The fourth-order valence-corrected chi connectivity index (χ4v) is 10.7. The van der Waals surface area contributed by atoms with E-state index in [4.69, 9.17) is 9.15 Å². The fraction of sp³-hybridized carbons (Fsp3) is 0.558. The summed E-state index contributed by atoms with van der Waals surface area (Å²) < 4.78 is 11.7. The number of hydrogen-bond donors (Lipinski definition) is 2. The molecule has 5 aliphatic rings. The highest BCUT2D eigenvalue weighted by atomic mass is 32.1. The van der Waals surface area contributed by atoms with Crippen molar-refractivity contribution < 1.29 is 33.8 Å². The van der Waals surface area contributed by atoms with Crippen molar-refractivity contribution in [3.63, 3.8) is 0 Å². The molecule has 0 unspecified atom stereocenters. The Morgan fingerprint density at radius 1 is 1.02 bits per heavy atom. The Morgan fingerprint density at radius 2 is 1.83 bits per heavy atom. The van der Waals surface area contributed by atoms with Gasteiger partial charge in [0.15, 0.2) is 11.4 Å². The van der Waals surface area contributed by atoms with Crippen molar-refractivity contribution in [2.24, 2.45) is 16.2 Å². The highest BCUT2D eigenvalue weighted by Crippen LogP contribution is 2.66. The van der Waals surface area contributed by atoms with Crippen molar-refractivity contribution in [1.29, 1.82) is 0 Å². The topological polar surface area (TPSA) is 117 Å². The second-order valence-electron chi connectivity index (χ2n) is 17.0. The maximum absolute atomic E-state index is 15.1. The molecule has 1 saturated heterocycles. The second kappa shape index (κ2) is 13.4. The number of fused-ring (bicyclic) bond motifs is 10. The summed E-state index contributed by atoms with van der Waals surface area (Å²) in [6, 6.07) is 13.4. The smallest absolute Gasteiger partial charge is 0.313 e. The summed E-state index contributed by atoms with van der Waals surface area (Å²) in [5, 5.41) is 26.1. The van der Waals surface area contributed by atoms with E-state index in [1.165, 1.54) is 11.8 Å². The summed E-state index contributed by atoms with van der Waals surface area (Å²) in [6.45, 7) is 10.6. The zero-order valence-electron chi connectivity index (χ0n) is 31.2. The fourth-order valence-electron chi connectivity index (χ4n) is 9.98. The normalized spacial score (nSPS) is 32.6.